The van der Waals surface area contributed by atoms with Gasteiger partial charge in [0.2, 0.25) is 0 Å². The number of aromatic nitrogens is 4. The number of carbonyl (C=O) groups is 2. The highest BCUT2D eigenvalue weighted by atomic mass is 35.5. The molecule has 4 aromatic heterocycles. The quantitative estimate of drug-likeness (QED) is 0.0819. The maximum absolute atomic E-state index is 13.9. The number of likely N-dealkylation sites (tertiary alicyclic amines) is 1. The van der Waals surface area contributed by atoms with Crippen LogP contribution in [-0.4, -0.2) is 114 Å². The van der Waals surface area contributed by atoms with E-state index >= 15 is 0 Å². The van der Waals surface area contributed by atoms with Crippen LogP contribution in [-0.2, 0) is 39.4 Å². The first-order valence-corrected chi connectivity index (χ1v) is 24.5. The lowest BCUT2D eigenvalue weighted by Gasteiger charge is -2.49. The maximum atomic E-state index is 13.9. The van der Waals surface area contributed by atoms with E-state index in [2.05, 4.69) is 80.9 Å². The molecule has 10 rings (SSSR count). The van der Waals surface area contributed by atoms with E-state index in [-0.39, 0.29) is 47.9 Å². The average molecular weight is 974 g/mol. The van der Waals surface area contributed by atoms with Crippen LogP contribution in [0, 0.1) is 10.8 Å². The first-order chi connectivity index (χ1) is 33.1. The van der Waals surface area contributed by atoms with Crippen molar-refractivity contribution in [3.8, 4) is 22.3 Å². The molecule has 2 fully saturated rings. The van der Waals surface area contributed by atoms with Gasteiger partial charge >= 0.3 is 0 Å². The minimum atomic E-state index is -0.0429. The smallest absolute Gasteiger partial charge is 0.270 e. The number of rotatable bonds is 12. The lowest BCUT2D eigenvalue weighted by Crippen LogP contribution is -2.60. The fourth-order valence-electron chi connectivity index (χ4n) is 10.5. The standard InChI is InChI=1S/C27H32ClN5O2.C26H30ClN5O2/c1-18(2)30-25-9-22(23(28)10-29-25)21-8-24-26(35)33(11-19-6-4-5-7-20(19)13-34)17-27(14-31(3)15-27)16-32(24)12-21;1-17(2)30-24-8-21(22(27)9-29-24)20-7-23-25(34)32(10-18-5-3-4-6-19(18)12-33)16-26(13-28-14-26)15-31(23)11-20/h4-10,12,18,34H,11,13-17H2,1-3H3,(H,29,30);3-9,11,17,28,33H,10,12-16H2,1-2H3,(H,29,30). The van der Waals surface area contributed by atoms with E-state index in [9.17, 15) is 19.8 Å². The van der Waals surface area contributed by atoms with Crippen molar-refractivity contribution < 1.29 is 19.8 Å². The van der Waals surface area contributed by atoms with Gasteiger partial charge in [0.25, 0.3) is 11.8 Å². The summed E-state index contributed by atoms with van der Waals surface area (Å²) in [6, 6.07) is 23.8. The predicted molar refractivity (Wildman–Crippen MR) is 272 cm³/mol. The first-order valence-electron chi connectivity index (χ1n) is 23.7. The molecule has 0 aliphatic carbocycles. The Bertz CT molecular complexity index is 2850. The number of aliphatic hydroxyl groups excluding tert-OH is 2. The third-order valence-corrected chi connectivity index (χ3v) is 14.2. The second kappa shape index (κ2) is 19.9. The molecule has 16 heteroatoms. The predicted octanol–water partition coefficient (Wildman–Crippen LogP) is 7.87. The Balaban J connectivity index is 0.000000172. The number of halogens is 2. The first kappa shape index (κ1) is 48.3. The fraction of sp³-hybridized carbons (Fsp3) is 0.396. The van der Waals surface area contributed by atoms with Gasteiger partial charge in [0.1, 0.15) is 23.0 Å². The van der Waals surface area contributed by atoms with Crippen LogP contribution in [0.4, 0.5) is 11.6 Å². The molecule has 362 valence electrons. The Kier molecular flexibility index (Phi) is 14.0. The van der Waals surface area contributed by atoms with Crippen LogP contribution in [0.5, 0.6) is 0 Å². The molecule has 0 unspecified atom stereocenters. The van der Waals surface area contributed by atoms with Gasteiger partial charge in [-0.05, 0) is 81.3 Å². The van der Waals surface area contributed by atoms with Crippen LogP contribution in [0.3, 0.4) is 0 Å². The molecule has 4 aliphatic heterocycles. The summed E-state index contributed by atoms with van der Waals surface area (Å²) in [7, 11) is 2.12. The SMILES string of the molecule is CC(C)Nc1cc(-c2cc3n(c2)CC2(CN(C)C2)CN(Cc2ccccc2CO)C3=O)c(Cl)cn1.CC(C)Nc1cc(-c2cc3n(c2)CC2(CNC2)CN(Cc2ccccc2CO)C3=O)c(Cl)cn1. The van der Waals surface area contributed by atoms with Gasteiger partial charge in [0.15, 0.2) is 0 Å². The number of hydrogen-bond donors (Lipinski definition) is 5. The third kappa shape index (κ3) is 10.3. The number of fused-ring (bicyclic) bond motifs is 2. The highest BCUT2D eigenvalue weighted by Gasteiger charge is 2.47. The lowest BCUT2D eigenvalue weighted by molar-refractivity contribution is -0.0142. The second-order valence-corrected chi connectivity index (χ2v) is 20.9. The second-order valence-electron chi connectivity index (χ2n) is 20.1. The number of hydrogen-bond acceptors (Lipinski definition) is 10. The van der Waals surface area contributed by atoms with Crippen molar-refractivity contribution in [2.45, 2.75) is 79.2 Å². The minimum absolute atomic E-state index is 0.00104. The van der Waals surface area contributed by atoms with Gasteiger partial charge in [-0.15, -0.1) is 0 Å². The van der Waals surface area contributed by atoms with Crippen molar-refractivity contribution in [2.75, 3.05) is 56.9 Å². The highest BCUT2D eigenvalue weighted by Crippen LogP contribution is 2.40. The molecule has 0 saturated carbocycles. The molecule has 2 amide bonds. The lowest BCUT2D eigenvalue weighted by atomic mass is 9.79. The van der Waals surface area contributed by atoms with E-state index < -0.39 is 0 Å². The van der Waals surface area contributed by atoms with Gasteiger partial charge in [-0.2, -0.15) is 0 Å². The van der Waals surface area contributed by atoms with Gasteiger partial charge in [0, 0.05) is 135 Å². The summed E-state index contributed by atoms with van der Waals surface area (Å²) in [4.78, 5) is 42.6. The summed E-state index contributed by atoms with van der Waals surface area (Å²) in [5, 5.41) is 30.7. The Morgan fingerprint density at radius 3 is 1.43 bits per heavy atom. The summed E-state index contributed by atoms with van der Waals surface area (Å²) in [5.74, 6) is 1.50. The molecule has 0 atom stereocenters. The number of benzene rings is 2. The molecule has 0 radical (unpaired) electrons. The average Bonchev–Trinajstić information content (AvgIpc) is 3.86. The van der Waals surface area contributed by atoms with Crippen LogP contribution >= 0.6 is 23.2 Å². The van der Waals surface area contributed by atoms with Gasteiger partial charge in [-0.3, -0.25) is 9.59 Å². The molecule has 2 saturated heterocycles. The molecule has 8 heterocycles. The van der Waals surface area contributed by atoms with E-state index in [1.165, 1.54) is 0 Å². The van der Waals surface area contributed by atoms with Crippen molar-refractivity contribution in [3.05, 3.63) is 141 Å². The van der Waals surface area contributed by atoms with Crippen molar-refractivity contribution in [1.29, 1.82) is 0 Å². The zero-order chi connectivity index (χ0) is 48.6. The summed E-state index contributed by atoms with van der Waals surface area (Å²) in [5.41, 5.74) is 8.49. The third-order valence-electron chi connectivity index (χ3n) is 13.6. The molecule has 4 aliphatic rings. The zero-order valence-electron chi connectivity index (χ0n) is 40.0. The van der Waals surface area contributed by atoms with Crippen molar-refractivity contribution in [3.63, 3.8) is 0 Å². The number of nitrogens with one attached hydrogen (secondary N) is 3. The molecule has 69 heavy (non-hydrogen) atoms. The van der Waals surface area contributed by atoms with E-state index in [1.54, 1.807) is 12.4 Å². The van der Waals surface area contributed by atoms with Crippen LogP contribution in [0.2, 0.25) is 10.0 Å². The Morgan fingerprint density at radius 2 is 1.04 bits per heavy atom. The maximum Gasteiger partial charge on any atom is 0.270 e. The van der Waals surface area contributed by atoms with Crippen LogP contribution in [0.15, 0.2) is 97.6 Å². The molecule has 5 N–H and O–H groups in total. The van der Waals surface area contributed by atoms with Crippen LogP contribution < -0.4 is 16.0 Å². The summed E-state index contributed by atoms with van der Waals surface area (Å²) in [6.45, 7) is 15.6. The van der Waals surface area contributed by atoms with E-state index in [4.69, 9.17) is 23.2 Å². The molecular weight excluding hydrogens is 912 g/mol. The highest BCUT2D eigenvalue weighted by molar-refractivity contribution is 6.33. The van der Waals surface area contributed by atoms with Gasteiger partial charge in [-0.1, -0.05) is 71.7 Å². The van der Waals surface area contributed by atoms with E-state index in [0.29, 0.717) is 47.6 Å². The fourth-order valence-corrected chi connectivity index (χ4v) is 10.9. The Morgan fingerprint density at radius 1 is 0.623 bits per heavy atom. The monoisotopic (exact) mass is 972 g/mol. The summed E-state index contributed by atoms with van der Waals surface area (Å²) < 4.78 is 4.19. The zero-order valence-corrected chi connectivity index (χ0v) is 41.5. The summed E-state index contributed by atoms with van der Waals surface area (Å²) in [6.07, 6.45) is 7.41. The van der Waals surface area contributed by atoms with E-state index in [0.717, 1.165) is 95.4 Å². The van der Waals surface area contributed by atoms with Gasteiger partial charge in [-0.25, -0.2) is 9.97 Å². The number of aliphatic hydroxyl groups is 2. The molecular formula is C53H62Cl2N10O4. The van der Waals surface area contributed by atoms with Gasteiger partial charge in [0.05, 0.1) is 23.3 Å². The summed E-state index contributed by atoms with van der Waals surface area (Å²) >= 11 is 13.1. The number of pyridine rings is 2. The number of amides is 2. The molecule has 14 nitrogen and oxygen atoms in total. The van der Waals surface area contributed by atoms with Gasteiger partial charge < -0.3 is 50.0 Å². The van der Waals surface area contributed by atoms with Crippen LogP contribution in [0.1, 0.15) is 70.9 Å². The number of anilines is 2. The number of nitrogens with zero attached hydrogens (tertiary/aromatic N) is 7. The molecule has 0 bridgehead atoms. The minimum Gasteiger partial charge on any atom is -0.392 e. The number of carbonyl (C=O) groups excluding carboxylic acids is 2. The Hall–Kier alpha value is -5.74. The molecule has 2 aromatic carbocycles. The Labute approximate surface area is 414 Å². The van der Waals surface area contributed by atoms with Crippen molar-refractivity contribution in [1.82, 2.24) is 39.1 Å². The topological polar surface area (TPSA) is 156 Å². The molecule has 2 spiro atoms. The van der Waals surface area contributed by atoms with Crippen LogP contribution in [0.25, 0.3) is 22.3 Å². The largest absolute Gasteiger partial charge is 0.392 e. The molecule has 6 aromatic rings. The van der Waals surface area contributed by atoms with E-state index in [1.807, 2.05) is 88.8 Å². The van der Waals surface area contributed by atoms with Crippen molar-refractivity contribution in [2.24, 2.45) is 10.8 Å². The van der Waals surface area contributed by atoms with Crippen molar-refractivity contribution >= 4 is 46.7 Å². The normalized spacial score (nSPS) is 17.2.